The second-order valence-corrected chi connectivity index (χ2v) is 13.5. The molecule has 234 valence electrons. The van der Waals surface area contributed by atoms with Crippen molar-refractivity contribution in [2.24, 2.45) is 0 Å². The Kier molecular flexibility index (Phi) is 6.64. The van der Waals surface area contributed by atoms with Gasteiger partial charge in [0.15, 0.2) is 17.5 Å². The zero-order chi connectivity index (χ0) is 33.0. The van der Waals surface area contributed by atoms with Crippen LogP contribution in [0.1, 0.15) is 0 Å². The Labute approximate surface area is 292 Å². The molecule has 0 bridgehead atoms. The maximum Gasteiger partial charge on any atom is 0.164 e. The topological polar surface area (TPSA) is 43.6 Å². The van der Waals surface area contributed by atoms with Crippen molar-refractivity contribution in [3.63, 3.8) is 0 Å². The van der Waals surface area contributed by atoms with E-state index in [1.165, 1.54) is 25.9 Å². The van der Waals surface area contributed by atoms with Gasteiger partial charge >= 0.3 is 0 Å². The van der Waals surface area contributed by atoms with Gasteiger partial charge in [0.1, 0.15) is 0 Å². The van der Waals surface area contributed by atoms with Crippen LogP contribution in [0.4, 0.5) is 0 Å². The summed E-state index contributed by atoms with van der Waals surface area (Å²) in [6.45, 7) is 0. The van der Waals surface area contributed by atoms with Crippen molar-refractivity contribution in [3.05, 3.63) is 170 Å². The Morgan fingerprint density at radius 3 is 1.82 bits per heavy atom. The first-order chi connectivity index (χ1) is 24.8. The summed E-state index contributed by atoms with van der Waals surface area (Å²) >= 11 is 1.85. The van der Waals surface area contributed by atoms with Crippen LogP contribution in [0.5, 0.6) is 0 Å². The average Bonchev–Trinajstić information content (AvgIpc) is 3.75. The molecule has 0 unspecified atom stereocenters. The second-order valence-electron chi connectivity index (χ2n) is 12.4. The summed E-state index contributed by atoms with van der Waals surface area (Å²) in [4.78, 5) is 15.4. The molecule has 0 radical (unpaired) electrons. The van der Waals surface area contributed by atoms with Crippen LogP contribution in [0.25, 0.3) is 93.0 Å². The molecular weight excluding hydrogens is 629 g/mol. The Morgan fingerprint density at radius 1 is 0.400 bits per heavy atom. The predicted molar refractivity (Wildman–Crippen MR) is 209 cm³/mol. The van der Waals surface area contributed by atoms with E-state index in [9.17, 15) is 0 Å². The molecule has 0 aliphatic heterocycles. The largest absolute Gasteiger partial charge is 0.308 e. The first-order valence-electron chi connectivity index (χ1n) is 16.7. The SMILES string of the molecule is c1ccc(-c2cccc(-c3nc(-c4ccccc4)nc(-c4cccc5c4c4ccccc4n5-c4cccc5c4sc4ccccc45)n3)c2)cc1. The first kappa shape index (κ1) is 28.6. The molecule has 3 aromatic heterocycles. The van der Waals surface area contributed by atoms with Crippen LogP contribution in [-0.4, -0.2) is 19.5 Å². The minimum Gasteiger partial charge on any atom is -0.308 e. The van der Waals surface area contributed by atoms with E-state index in [2.05, 4.69) is 150 Å². The van der Waals surface area contributed by atoms with Gasteiger partial charge in [-0.05, 0) is 41.5 Å². The molecule has 4 nitrogen and oxygen atoms in total. The summed E-state index contributed by atoms with van der Waals surface area (Å²) in [6.07, 6.45) is 0. The van der Waals surface area contributed by atoms with Crippen LogP contribution >= 0.6 is 11.3 Å². The number of fused-ring (bicyclic) bond motifs is 6. The highest BCUT2D eigenvalue weighted by molar-refractivity contribution is 7.26. The molecule has 5 heteroatoms. The highest BCUT2D eigenvalue weighted by Crippen LogP contribution is 2.43. The minimum atomic E-state index is 0.641. The number of hydrogen-bond acceptors (Lipinski definition) is 4. The summed E-state index contributed by atoms with van der Waals surface area (Å²) in [5, 5.41) is 4.84. The molecule has 0 saturated carbocycles. The van der Waals surface area contributed by atoms with E-state index in [-0.39, 0.29) is 0 Å². The third-order valence-electron chi connectivity index (χ3n) is 9.46. The van der Waals surface area contributed by atoms with E-state index in [0.29, 0.717) is 17.5 Å². The lowest BCUT2D eigenvalue weighted by Crippen LogP contribution is -2.00. The lowest BCUT2D eigenvalue weighted by molar-refractivity contribution is 1.08. The van der Waals surface area contributed by atoms with Crippen LogP contribution in [0.3, 0.4) is 0 Å². The zero-order valence-electron chi connectivity index (χ0n) is 26.9. The number of thiophene rings is 1. The van der Waals surface area contributed by atoms with Crippen molar-refractivity contribution in [1.82, 2.24) is 19.5 Å². The first-order valence-corrected chi connectivity index (χ1v) is 17.5. The van der Waals surface area contributed by atoms with E-state index in [1.54, 1.807) is 0 Å². The third kappa shape index (κ3) is 4.63. The lowest BCUT2D eigenvalue weighted by Gasteiger charge is -2.11. The van der Waals surface area contributed by atoms with Gasteiger partial charge in [0.25, 0.3) is 0 Å². The fourth-order valence-corrected chi connectivity index (χ4v) is 8.39. The third-order valence-corrected chi connectivity index (χ3v) is 10.7. The summed E-state index contributed by atoms with van der Waals surface area (Å²) in [7, 11) is 0. The predicted octanol–water partition coefficient (Wildman–Crippen LogP) is 12.0. The molecule has 0 fully saturated rings. The Bertz CT molecular complexity index is 2870. The van der Waals surface area contributed by atoms with Crippen LogP contribution in [0.15, 0.2) is 170 Å². The molecule has 50 heavy (non-hydrogen) atoms. The minimum absolute atomic E-state index is 0.641. The van der Waals surface area contributed by atoms with Gasteiger partial charge in [-0.15, -0.1) is 11.3 Å². The fourth-order valence-electron chi connectivity index (χ4n) is 7.18. The van der Waals surface area contributed by atoms with Gasteiger partial charge in [0.05, 0.1) is 21.4 Å². The van der Waals surface area contributed by atoms with Crippen molar-refractivity contribution >= 4 is 53.3 Å². The summed E-state index contributed by atoms with van der Waals surface area (Å²) in [5.74, 6) is 1.93. The van der Waals surface area contributed by atoms with Crippen molar-refractivity contribution in [3.8, 4) is 51.0 Å². The molecular formula is C45H28N4S. The van der Waals surface area contributed by atoms with Crippen molar-refractivity contribution in [2.45, 2.75) is 0 Å². The van der Waals surface area contributed by atoms with E-state index < -0.39 is 0 Å². The summed E-state index contributed by atoms with van der Waals surface area (Å²) in [6, 6.07) is 59.6. The van der Waals surface area contributed by atoms with Gasteiger partial charge in [0.2, 0.25) is 0 Å². The van der Waals surface area contributed by atoms with Crippen LogP contribution in [-0.2, 0) is 0 Å². The molecule has 0 N–H and O–H groups in total. The Morgan fingerprint density at radius 2 is 0.980 bits per heavy atom. The molecule has 10 aromatic rings. The Hall–Kier alpha value is -6.43. The number of aromatic nitrogens is 4. The maximum absolute atomic E-state index is 5.22. The lowest BCUT2D eigenvalue weighted by atomic mass is 10.0. The number of hydrogen-bond donors (Lipinski definition) is 0. The van der Waals surface area contributed by atoms with Crippen molar-refractivity contribution in [2.75, 3.05) is 0 Å². The number of rotatable bonds is 5. The molecule has 0 atom stereocenters. The summed E-state index contributed by atoms with van der Waals surface area (Å²) < 4.78 is 4.97. The molecule has 0 saturated heterocycles. The van der Waals surface area contributed by atoms with Gasteiger partial charge in [-0.3, -0.25) is 0 Å². The van der Waals surface area contributed by atoms with E-state index in [1.807, 2.05) is 35.6 Å². The number of nitrogens with zero attached hydrogens (tertiary/aromatic N) is 4. The van der Waals surface area contributed by atoms with E-state index in [4.69, 9.17) is 15.0 Å². The second kappa shape index (κ2) is 11.6. The number of para-hydroxylation sites is 1. The molecule has 10 rings (SSSR count). The molecule has 3 heterocycles. The van der Waals surface area contributed by atoms with Crippen molar-refractivity contribution in [1.29, 1.82) is 0 Å². The molecule has 7 aromatic carbocycles. The maximum atomic E-state index is 5.22. The van der Waals surface area contributed by atoms with Crippen LogP contribution in [0, 0.1) is 0 Å². The molecule has 0 spiro atoms. The normalized spacial score (nSPS) is 11.6. The van der Waals surface area contributed by atoms with Gasteiger partial charge in [-0.25, -0.2) is 15.0 Å². The van der Waals surface area contributed by atoms with Gasteiger partial charge in [-0.1, -0.05) is 140 Å². The molecule has 0 amide bonds. The average molecular weight is 657 g/mol. The quantitative estimate of drug-likeness (QED) is 0.185. The highest BCUT2D eigenvalue weighted by atomic mass is 32.1. The Balaban J connectivity index is 1.23. The van der Waals surface area contributed by atoms with E-state index in [0.717, 1.165) is 49.6 Å². The standard InChI is InChI=1S/C45H28N4S/c1-3-14-29(15-4-1)31-18-11-19-32(28-31)44-46-43(30-16-5-2-6-17-30)47-45(48-44)36-23-13-25-38-41(36)35-21-7-9-24-37(35)49(38)39-26-12-22-34-33-20-8-10-27-40(33)50-42(34)39/h1-28H. The van der Waals surface area contributed by atoms with Crippen LogP contribution < -0.4 is 0 Å². The zero-order valence-corrected chi connectivity index (χ0v) is 27.7. The van der Waals surface area contributed by atoms with E-state index >= 15 is 0 Å². The van der Waals surface area contributed by atoms with Crippen LogP contribution in [0.2, 0.25) is 0 Å². The highest BCUT2D eigenvalue weighted by Gasteiger charge is 2.21. The molecule has 0 aliphatic carbocycles. The number of benzene rings is 7. The fraction of sp³-hybridized carbons (Fsp3) is 0. The van der Waals surface area contributed by atoms with Crippen molar-refractivity contribution < 1.29 is 0 Å². The molecule has 0 aliphatic rings. The van der Waals surface area contributed by atoms with Gasteiger partial charge in [0, 0.05) is 42.9 Å². The van der Waals surface area contributed by atoms with Gasteiger partial charge in [-0.2, -0.15) is 0 Å². The summed E-state index contributed by atoms with van der Waals surface area (Å²) in [5.41, 5.74) is 8.56. The monoisotopic (exact) mass is 656 g/mol. The smallest absolute Gasteiger partial charge is 0.164 e. The van der Waals surface area contributed by atoms with Gasteiger partial charge < -0.3 is 4.57 Å².